The molecule has 4 N–H and O–H groups in total. The Hall–Kier alpha value is -3.50. The number of carbonyl (C=O) groups is 3. The highest BCUT2D eigenvalue weighted by molar-refractivity contribution is 6.33. The number of nitrogens with zero attached hydrogens (tertiary/aromatic N) is 2. The van der Waals surface area contributed by atoms with E-state index >= 15 is 0 Å². The van der Waals surface area contributed by atoms with Gasteiger partial charge in [-0.3, -0.25) is 10.1 Å². The van der Waals surface area contributed by atoms with Crippen LogP contribution in [0.25, 0.3) is 0 Å². The molecular weight excluding hydrogens is 594 g/mol. The maximum Gasteiger partial charge on any atom is 0.412 e. The van der Waals surface area contributed by atoms with Gasteiger partial charge in [0.15, 0.2) is 6.10 Å². The smallest absolute Gasteiger partial charge is 0.412 e. The summed E-state index contributed by atoms with van der Waals surface area (Å²) in [6.07, 6.45) is 4.05. The first-order valence-corrected chi connectivity index (χ1v) is 16.8. The molecule has 4 aliphatic rings. The van der Waals surface area contributed by atoms with Crippen molar-refractivity contribution < 1.29 is 23.9 Å². The molecule has 45 heavy (non-hydrogen) atoms. The number of anilines is 2. The third-order valence-electron chi connectivity index (χ3n) is 10.3. The Morgan fingerprint density at radius 3 is 2.44 bits per heavy atom. The lowest BCUT2D eigenvalue weighted by Crippen LogP contribution is -2.52. The molecule has 0 bridgehead atoms. The van der Waals surface area contributed by atoms with E-state index in [4.69, 9.17) is 26.8 Å². The van der Waals surface area contributed by atoms with E-state index < -0.39 is 23.9 Å². The number of aryl methyl sites for hydroxylation is 1. The van der Waals surface area contributed by atoms with Crippen molar-refractivity contribution in [2.45, 2.75) is 70.0 Å². The van der Waals surface area contributed by atoms with Crippen molar-refractivity contribution in [2.75, 3.05) is 50.3 Å². The molecule has 242 valence electrons. The molecule has 3 saturated heterocycles. The molecular formula is C34H44ClN5O5. The van der Waals surface area contributed by atoms with Crippen molar-refractivity contribution in [2.24, 2.45) is 11.8 Å². The van der Waals surface area contributed by atoms with E-state index in [0.717, 1.165) is 48.3 Å². The number of halogens is 1. The number of nitrogens with two attached hydrogens (primary N) is 1. The molecule has 0 aliphatic carbocycles. The molecule has 4 aliphatic heterocycles. The summed E-state index contributed by atoms with van der Waals surface area (Å²) in [7, 11) is 0. The van der Waals surface area contributed by atoms with Crippen molar-refractivity contribution in [1.82, 2.24) is 15.1 Å². The Labute approximate surface area is 269 Å². The molecule has 6 rings (SSSR count). The van der Waals surface area contributed by atoms with Gasteiger partial charge in [-0.1, -0.05) is 42.8 Å². The number of hydrogen-bond donors (Lipinski definition) is 3. The molecule has 3 amide bonds. The van der Waals surface area contributed by atoms with E-state index in [-0.39, 0.29) is 12.3 Å². The van der Waals surface area contributed by atoms with Crippen molar-refractivity contribution in [3.8, 4) is 0 Å². The number of benzene rings is 2. The van der Waals surface area contributed by atoms with Crippen LogP contribution < -0.4 is 16.4 Å². The van der Waals surface area contributed by atoms with E-state index in [1.54, 1.807) is 11.0 Å². The average Bonchev–Trinajstić information content (AvgIpc) is 3.06. The average molecular weight is 638 g/mol. The molecule has 1 spiro atoms. The molecule has 4 heterocycles. The summed E-state index contributed by atoms with van der Waals surface area (Å²) in [4.78, 5) is 43.5. The fraction of sp³-hybridized carbons (Fsp3) is 0.559. The summed E-state index contributed by atoms with van der Waals surface area (Å²) < 4.78 is 11.9. The van der Waals surface area contributed by atoms with Crippen LogP contribution >= 0.6 is 11.6 Å². The van der Waals surface area contributed by atoms with Gasteiger partial charge < -0.3 is 30.3 Å². The first-order valence-electron chi connectivity index (χ1n) is 16.4. The van der Waals surface area contributed by atoms with Crippen LogP contribution in [-0.4, -0.2) is 73.3 Å². The number of nitrogens with one attached hydrogen (secondary N) is 2. The standard InChI is InChI=1S/C34H44ClN5O5/c1-2-23-19-22(20-27(35)30(23)36)21-29(31(41)39-15-9-25(10-16-39)24-7-13-37-14-8-24)44-33(43)40-17-11-34(12-18-40)26-5-3-4-6-28(26)38-32(42)45-34/h3-6,19-20,24-25,29,37H,2,7-18,21,36H2,1H3,(H,38,42)/t29-/m1/s1. The Morgan fingerprint density at radius 2 is 1.73 bits per heavy atom. The summed E-state index contributed by atoms with van der Waals surface area (Å²) in [5, 5.41) is 6.64. The Morgan fingerprint density at radius 1 is 1.04 bits per heavy atom. The zero-order valence-corrected chi connectivity index (χ0v) is 26.7. The number of hydrogen-bond acceptors (Lipinski definition) is 7. The number of carbonyl (C=O) groups excluding carboxylic acids is 3. The van der Waals surface area contributed by atoms with Gasteiger partial charge in [-0.25, -0.2) is 9.59 Å². The predicted octanol–water partition coefficient (Wildman–Crippen LogP) is 5.32. The van der Waals surface area contributed by atoms with Crippen LogP contribution in [0.15, 0.2) is 36.4 Å². The minimum absolute atomic E-state index is 0.173. The number of likely N-dealkylation sites (tertiary alicyclic amines) is 2. The molecule has 2 aromatic carbocycles. The van der Waals surface area contributed by atoms with Gasteiger partial charge in [0.25, 0.3) is 5.91 Å². The lowest BCUT2D eigenvalue weighted by Gasteiger charge is -2.44. The van der Waals surface area contributed by atoms with Gasteiger partial charge in [-0.05, 0) is 80.3 Å². The maximum atomic E-state index is 14.0. The number of rotatable bonds is 6. The Kier molecular flexibility index (Phi) is 9.42. The van der Waals surface area contributed by atoms with E-state index in [1.165, 1.54) is 12.8 Å². The predicted molar refractivity (Wildman–Crippen MR) is 173 cm³/mol. The fourth-order valence-corrected chi connectivity index (χ4v) is 7.89. The van der Waals surface area contributed by atoms with Crippen molar-refractivity contribution in [1.29, 1.82) is 0 Å². The van der Waals surface area contributed by atoms with Crippen LogP contribution in [0, 0.1) is 11.8 Å². The number of fused-ring (bicyclic) bond motifs is 2. The Balaban J connectivity index is 1.15. The zero-order chi connectivity index (χ0) is 31.6. The zero-order valence-electron chi connectivity index (χ0n) is 26.0. The number of piperidine rings is 3. The molecule has 0 unspecified atom stereocenters. The second-order valence-electron chi connectivity index (χ2n) is 12.9. The third-order valence-corrected chi connectivity index (χ3v) is 10.6. The monoisotopic (exact) mass is 637 g/mol. The molecule has 0 aromatic heterocycles. The van der Waals surface area contributed by atoms with Gasteiger partial charge in [0.1, 0.15) is 5.60 Å². The number of nitrogen functional groups attached to an aromatic ring is 1. The summed E-state index contributed by atoms with van der Waals surface area (Å²) >= 11 is 6.46. The first kappa shape index (κ1) is 31.5. The highest BCUT2D eigenvalue weighted by Gasteiger charge is 2.46. The quantitative estimate of drug-likeness (QED) is 0.366. The van der Waals surface area contributed by atoms with E-state index in [9.17, 15) is 14.4 Å². The summed E-state index contributed by atoms with van der Waals surface area (Å²) in [5.74, 6) is 1.15. The molecule has 1 atom stereocenters. The normalized spacial score (nSPS) is 21.1. The largest absolute Gasteiger partial charge is 0.438 e. The highest BCUT2D eigenvalue weighted by Crippen LogP contribution is 2.43. The van der Waals surface area contributed by atoms with Gasteiger partial charge in [-0.15, -0.1) is 0 Å². The van der Waals surface area contributed by atoms with Crippen LogP contribution in [0.2, 0.25) is 5.02 Å². The molecule has 10 nitrogen and oxygen atoms in total. The van der Waals surface area contributed by atoms with Crippen LogP contribution in [0.3, 0.4) is 0 Å². The first-order chi connectivity index (χ1) is 21.8. The van der Waals surface area contributed by atoms with Crippen molar-refractivity contribution in [3.63, 3.8) is 0 Å². The minimum atomic E-state index is -0.995. The van der Waals surface area contributed by atoms with Crippen molar-refractivity contribution in [3.05, 3.63) is 58.1 Å². The van der Waals surface area contributed by atoms with Crippen LogP contribution in [0.5, 0.6) is 0 Å². The lowest BCUT2D eigenvalue weighted by molar-refractivity contribution is -0.143. The van der Waals surface area contributed by atoms with Gasteiger partial charge in [0.2, 0.25) is 0 Å². The van der Waals surface area contributed by atoms with Crippen LogP contribution in [0.1, 0.15) is 62.1 Å². The highest BCUT2D eigenvalue weighted by atomic mass is 35.5. The van der Waals surface area contributed by atoms with Gasteiger partial charge in [0.05, 0.1) is 16.4 Å². The number of amides is 3. The molecule has 2 aromatic rings. The second-order valence-corrected chi connectivity index (χ2v) is 13.3. The van der Waals surface area contributed by atoms with Crippen LogP contribution in [0.4, 0.5) is 21.0 Å². The van der Waals surface area contributed by atoms with Gasteiger partial charge >= 0.3 is 12.2 Å². The summed E-state index contributed by atoms with van der Waals surface area (Å²) in [5.41, 5.74) is 9.25. The second kappa shape index (κ2) is 13.5. The molecule has 0 radical (unpaired) electrons. The van der Waals surface area contributed by atoms with E-state index in [2.05, 4.69) is 10.6 Å². The number of ether oxygens (including phenoxy) is 2. The minimum Gasteiger partial charge on any atom is -0.438 e. The third kappa shape index (κ3) is 6.72. The molecule has 3 fully saturated rings. The SMILES string of the molecule is CCc1cc(C[C@@H](OC(=O)N2CCC3(CC2)OC(=O)Nc2ccccc23)C(=O)N2CCC(C3CCNCC3)CC2)cc(Cl)c1N. The van der Waals surface area contributed by atoms with E-state index in [1.807, 2.05) is 42.2 Å². The Bertz CT molecular complexity index is 1410. The van der Waals surface area contributed by atoms with Crippen LogP contribution in [-0.2, 0) is 32.7 Å². The lowest BCUT2D eigenvalue weighted by atomic mass is 9.79. The van der Waals surface area contributed by atoms with Gasteiger partial charge in [0, 0.05) is 51.0 Å². The summed E-state index contributed by atoms with van der Waals surface area (Å²) in [6.45, 7) is 6.12. The maximum absolute atomic E-state index is 14.0. The fourth-order valence-electron chi connectivity index (χ4n) is 7.63. The number of para-hydroxylation sites is 1. The van der Waals surface area contributed by atoms with Gasteiger partial charge in [-0.2, -0.15) is 0 Å². The summed E-state index contributed by atoms with van der Waals surface area (Å²) in [6, 6.07) is 11.3. The molecule has 0 saturated carbocycles. The van der Waals surface area contributed by atoms with Crippen molar-refractivity contribution >= 4 is 41.1 Å². The molecule has 11 heteroatoms. The topological polar surface area (TPSA) is 126 Å². The van der Waals surface area contributed by atoms with E-state index in [0.29, 0.717) is 68.0 Å².